The summed E-state index contributed by atoms with van der Waals surface area (Å²) in [6.45, 7) is 2.22. The number of hydrogen-bond donors (Lipinski definition) is 0. The van der Waals surface area contributed by atoms with Crippen molar-refractivity contribution in [2.24, 2.45) is 0 Å². The third-order valence-corrected chi connectivity index (χ3v) is 0.718. The molecule has 0 radical (unpaired) electrons. The zero-order valence-corrected chi connectivity index (χ0v) is 5.85. The van der Waals surface area contributed by atoms with Crippen LogP contribution in [0.1, 0.15) is 19.8 Å². The zero-order valence-electron chi connectivity index (χ0n) is 5.85. The molecule has 4 heteroatoms. The second-order valence-electron chi connectivity index (χ2n) is 1.45. The van der Waals surface area contributed by atoms with E-state index in [1.54, 1.807) is 0 Å². The predicted molar refractivity (Wildman–Crippen MR) is 26.3 cm³/mol. The number of hydrogen-bond acceptors (Lipinski definition) is 3. The first-order chi connectivity index (χ1) is 3.77. The Labute approximate surface area is 66.6 Å². The first-order valence-corrected chi connectivity index (χ1v) is 2.61. The van der Waals surface area contributed by atoms with Crippen molar-refractivity contribution < 1.29 is 33.5 Å². The number of carboxylic acid groups (broad SMARTS) is 1. The Balaban J connectivity index is 0. The molecule has 0 aromatic heterocycles. The maximum Gasteiger partial charge on any atom is 1.00 e. The van der Waals surface area contributed by atoms with Gasteiger partial charge in [-0.05, 0) is 6.42 Å². The Bertz CT molecular complexity index is 74.6. The van der Waals surface area contributed by atoms with E-state index in [1.165, 1.54) is 0 Å². The summed E-state index contributed by atoms with van der Waals surface area (Å²) in [6, 6.07) is 0. The van der Waals surface area contributed by atoms with Crippen LogP contribution in [-0.4, -0.2) is 12.8 Å². The van der Waals surface area contributed by atoms with Gasteiger partial charge >= 0.3 is 18.9 Å². The van der Waals surface area contributed by atoms with E-state index < -0.39 is 6.16 Å². The van der Waals surface area contributed by atoms with Gasteiger partial charge in [0.1, 0.15) is 0 Å². The molecule has 3 nitrogen and oxygen atoms in total. The van der Waals surface area contributed by atoms with Gasteiger partial charge in [0, 0.05) is 6.61 Å². The molecule has 0 saturated carbocycles. The van der Waals surface area contributed by atoms with Crippen LogP contribution >= 0.6 is 0 Å². The Morgan fingerprint density at radius 2 is 2.22 bits per heavy atom. The molecular formula is C5H9LiO3. The zero-order chi connectivity index (χ0) is 6.41. The summed E-state index contributed by atoms with van der Waals surface area (Å²) in [5.74, 6) is 0. The van der Waals surface area contributed by atoms with Gasteiger partial charge in [-0.15, -0.1) is 0 Å². The van der Waals surface area contributed by atoms with E-state index in [9.17, 15) is 9.90 Å². The summed E-state index contributed by atoms with van der Waals surface area (Å²) in [5, 5.41) is 9.54. The van der Waals surface area contributed by atoms with Crippen LogP contribution < -0.4 is 24.0 Å². The summed E-state index contributed by atoms with van der Waals surface area (Å²) < 4.78 is 4.09. The van der Waals surface area contributed by atoms with Crippen molar-refractivity contribution in [3.8, 4) is 0 Å². The van der Waals surface area contributed by atoms with Crippen LogP contribution in [0, 0.1) is 0 Å². The maximum absolute atomic E-state index is 9.54. The minimum absolute atomic E-state index is 0. The molecule has 0 saturated heterocycles. The van der Waals surface area contributed by atoms with Crippen molar-refractivity contribution in [1.29, 1.82) is 0 Å². The van der Waals surface area contributed by atoms with E-state index in [1.807, 2.05) is 6.92 Å². The van der Waals surface area contributed by atoms with E-state index in [0.717, 1.165) is 12.8 Å². The van der Waals surface area contributed by atoms with Crippen molar-refractivity contribution in [2.45, 2.75) is 19.8 Å². The van der Waals surface area contributed by atoms with Gasteiger partial charge in [-0.25, -0.2) is 0 Å². The van der Waals surface area contributed by atoms with Crippen LogP contribution in [0.2, 0.25) is 0 Å². The monoisotopic (exact) mass is 124 g/mol. The van der Waals surface area contributed by atoms with Crippen molar-refractivity contribution in [1.82, 2.24) is 0 Å². The Morgan fingerprint density at radius 1 is 1.67 bits per heavy atom. The van der Waals surface area contributed by atoms with Gasteiger partial charge < -0.3 is 14.6 Å². The number of carbonyl (C=O) groups is 1. The molecule has 0 N–H and O–H groups in total. The molecule has 0 bridgehead atoms. The summed E-state index contributed by atoms with van der Waals surface area (Å²) in [7, 11) is 0. The smallest absolute Gasteiger partial charge is 0.550 e. The first kappa shape index (κ1) is 11.6. The van der Waals surface area contributed by atoms with E-state index in [4.69, 9.17) is 0 Å². The summed E-state index contributed by atoms with van der Waals surface area (Å²) >= 11 is 0. The topological polar surface area (TPSA) is 49.4 Å². The van der Waals surface area contributed by atoms with Gasteiger partial charge in [0.25, 0.3) is 6.16 Å². The predicted octanol–water partition coefficient (Wildman–Crippen LogP) is -2.85. The first-order valence-electron chi connectivity index (χ1n) is 2.61. The maximum atomic E-state index is 9.54. The molecule has 0 fully saturated rings. The van der Waals surface area contributed by atoms with Gasteiger partial charge in [0.05, 0.1) is 0 Å². The second-order valence-corrected chi connectivity index (χ2v) is 1.45. The van der Waals surface area contributed by atoms with Gasteiger partial charge in [-0.3, -0.25) is 0 Å². The molecule has 0 atom stereocenters. The van der Waals surface area contributed by atoms with Crippen molar-refractivity contribution in [3.05, 3.63) is 0 Å². The summed E-state index contributed by atoms with van der Waals surface area (Å²) in [6.07, 6.45) is 0.278. The Morgan fingerprint density at radius 3 is 2.56 bits per heavy atom. The van der Waals surface area contributed by atoms with Crippen LogP contribution in [0.5, 0.6) is 0 Å². The molecule has 0 heterocycles. The summed E-state index contributed by atoms with van der Waals surface area (Å²) in [4.78, 5) is 9.54. The minimum atomic E-state index is -1.43. The van der Waals surface area contributed by atoms with Crippen LogP contribution in [0.3, 0.4) is 0 Å². The van der Waals surface area contributed by atoms with Gasteiger partial charge in [0.2, 0.25) is 0 Å². The van der Waals surface area contributed by atoms with Crippen molar-refractivity contribution >= 4 is 6.16 Å². The third-order valence-electron chi connectivity index (χ3n) is 0.718. The van der Waals surface area contributed by atoms with Crippen LogP contribution in [0.4, 0.5) is 4.79 Å². The van der Waals surface area contributed by atoms with Crippen LogP contribution in [-0.2, 0) is 4.74 Å². The number of ether oxygens (including phenoxy) is 1. The fraction of sp³-hybridized carbons (Fsp3) is 0.800. The molecule has 0 unspecified atom stereocenters. The van der Waals surface area contributed by atoms with E-state index in [2.05, 4.69) is 4.74 Å². The molecule has 0 aliphatic rings. The van der Waals surface area contributed by atoms with Gasteiger partial charge in [-0.2, -0.15) is 0 Å². The average Bonchev–Trinajstić information content (AvgIpc) is 1.66. The molecular weight excluding hydrogens is 115 g/mol. The third kappa shape index (κ3) is 11.4. The largest absolute Gasteiger partial charge is 1.00 e. The van der Waals surface area contributed by atoms with E-state index in [-0.39, 0.29) is 25.5 Å². The fourth-order valence-corrected chi connectivity index (χ4v) is 0.300. The molecule has 0 aromatic carbocycles. The number of unbranched alkanes of at least 4 members (excludes halogenated alkanes) is 1. The molecule has 0 rings (SSSR count). The van der Waals surface area contributed by atoms with Crippen LogP contribution in [0.15, 0.2) is 0 Å². The normalized spacial score (nSPS) is 7.67. The Hall–Kier alpha value is -0.133. The second kappa shape index (κ2) is 7.87. The number of rotatable bonds is 3. The van der Waals surface area contributed by atoms with Crippen LogP contribution in [0.25, 0.3) is 0 Å². The molecule has 48 valence electrons. The number of carbonyl (C=O) groups excluding carboxylic acids is 1. The quantitative estimate of drug-likeness (QED) is 0.231. The van der Waals surface area contributed by atoms with E-state index >= 15 is 0 Å². The molecule has 0 amide bonds. The van der Waals surface area contributed by atoms with Gasteiger partial charge in [-0.1, -0.05) is 13.3 Å². The molecule has 0 aromatic rings. The molecule has 9 heavy (non-hydrogen) atoms. The SMILES string of the molecule is CCCCOC(=O)[O-].[Li+]. The minimum Gasteiger partial charge on any atom is -0.550 e. The fourth-order valence-electron chi connectivity index (χ4n) is 0.300. The Kier molecular flexibility index (Phi) is 10.2. The molecule has 0 aliphatic carbocycles. The van der Waals surface area contributed by atoms with Crippen molar-refractivity contribution in [2.75, 3.05) is 6.61 Å². The van der Waals surface area contributed by atoms with E-state index in [0.29, 0.717) is 0 Å². The van der Waals surface area contributed by atoms with Crippen molar-refractivity contribution in [3.63, 3.8) is 0 Å². The molecule has 0 spiro atoms. The van der Waals surface area contributed by atoms with Gasteiger partial charge in [0.15, 0.2) is 0 Å². The average molecular weight is 124 g/mol. The summed E-state index contributed by atoms with van der Waals surface area (Å²) in [5.41, 5.74) is 0. The standard InChI is InChI=1S/C5H10O3.Li/c1-2-3-4-8-5(6)7;/h2-4H2,1H3,(H,6,7);/q;+1/p-1. The molecule has 0 aliphatic heterocycles.